The minimum Gasteiger partial charge on any atom is -0.312 e. The lowest BCUT2D eigenvalue weighted by Gasteiger charge is -2.36. The summed E-state index contributed by atoms with van der Waals surface area (Å²) in [6, 6.07) is 1.52. The van der Waals surface area contributed by atoms with Crippen LogP contribution in [0.4, 0.5) is 0 Å². The van der Waals surface area contributed by atoms with Crippen molar-refractivity contribution in [3.05, 3.63) is 0 Å². The average molecular weight is 225 g/mol. The Hall–Kier alpha value is -0.0400. The van der Waals surface area contributed by atoms with E-state index in [9.17, 15) is 0 Å². The monoisotopic (exact) mass is 225 g/mol. The van der Waals surface area contributed by atoms with E-state index >= 15 is 0 Å². The Bertz CT molecular complexity index is 176. The highest BCUT2D eigenvalue weighted by Gasteiger charge is 2.26. The van der Waals surface area contributed by atoms with Gasteiger partial charge in [-0.2, -0.15) is 0 Å². The molecule has 0 radical (unpaired) electrons. The lowest BCUT2D eigenvalue weighted by molar-refractivity contribution is 0.198. The van der Waals surface area contributed by atoms with Crippen LogP contribution in [0.25, 0.3) is 0 Å². The molecule has 1 atom stereocenters. The number of unbranched alkanes of at least 4 members (excludes halogenated alkanes) is 2. The third-order valence-electron chi connectivity index (χ3n) is 4.10. The van der Waals surface area contributed by atoms with Crippen LogP contribution >= 0.6 is 0 Å². The first kappa shape index (κ1) is 14.0. The summed E-state index contributed by atoms with van der Waals surface area (Å²) in [7, 11) is 0. The van der Waals surface area contributed by atoms with Crippen molar-refractivity contribution in [2.24, 2.45) is 5.41 Å². The molecule has 1 saturated carbocycles. The number of hydrogen-bond donors (Lipinski definition) is 1. The Balaban J connectivity index is 2.13. The van der Waals surface area contributed by atoms with Crippen molar-refractivity contribution in [3.8, 4) is 0 Å². The fraction of sp³-hybridized carbons (Fsp3) is 1.00. The second-order valence-corrected chi connectivity index (χ2v) is 6.50. The van der Waals surface area contributed by atoms with E-state index in [1.807, 2.05) is 0 Å². The molecule has 0 aromatic heterocycles. The maximum absolute atomic E-state index is 3.82. The molecule has 0 spiro atoms. The summed E-state index contributed by atoms with van der Waals surface area (Å²) in [5.74, 6) is 0. The molecule has 1 nitrogen and oxygen atoms in total. The van der Waals surface area contributed by atoms with Crippen molar-refractivity contribution in [1.29, 1.82) is 0 Å². The molecule has 16 heavy (non-hydrogen) atoms. The van der Waals surface area contributed by atoms with Crippen LogP contribution in [-0.2, 0) is 0 Å². The van der Waals surface area contributed by atoms with Gasteiger partial charge in [-0.25, -0.2) is 0 Å². The van der Waals surface area contributed by atoms with Crippen molar-refractivity contribution in [2.45, 2.75) is 91.1 Å². The van der Waals surface area contributed by atoms with Crippen molar-refractivity contribution in [2.75, 3.05) is 0 Å². The van der Waals surface area contributed by atoms with Crippen molar-refractivity contribution >= 4 is 0 Å². The van der Waals surface area contributed by atoms with Crippen molar-refractivity contribution in [3.63, 3.8) is 0 Å². The lowest BCUT2D eigenvalue weighted by atomic mass is 9.75. The zero-order chi connectivity index (χ0) is 12.0. The van der Waals surface area contributed by atoms with Gasteiger partial charge in [0.05, 0.1) is 0 Å². The summed E-state index contributed by atoms with van der Waals surface area (Å²) in [6.07, 6.45) is 11.0. The Morgan fingerprint density at radius 2 is 1.81 bits per heavy atom. The molecule has 1 N–H and O–H groups in total. The quantitative estimate of drug-likeness (QED) is 0.656. The Labute approximate surface area is 102 Å². The van der Waals surface area contributed by atoms with E-state index in [4.69, 9.17) is 0 Å². The van der Waals surface area contributed by atoms with Gasteiger partial charge in [-0.3, -0.25) is 0 Å². The lowest BCUT2D eigenvalue weighted by Crippen LogP contribution is -2.40. The maximum Gasteiger partial charge on any atom is 0.00699 e. The molecule has 1 aliphatic rings. The second-order valence-electron chi connectivity index (χ2n) is 6.50. The van der Waals surface area contributed by atoms with E-state index in [-0.39, 0.29) is 0 Å². The third-order valence-corrected chi connectivity index (χ3v) is 4.10. The van der Waals surface area contributed by atoms with Gasteiger partial charge >= 0.3 is 0 Å². The first-order valence-corrected chi connectivity index (χ1v) is 7.29. The molecule has 1 fully saturated rings. The highest BCUT2D eigenvalue weighted by Crippen LogP contribution is 2.35. The number of hydrogen-bond acceptors (Lipinski definition) is 1. The van der Waals surface area contributed by atoms with Crippen LogP contribution in [-0.4, -0.2) is 12.1 Å². The SMILES string of the molecule is CCCCCC(C)NC1CCC(C)(C)CC1. The van der Waals surface area contributed by atoms with Crippen LogP contribution in [0.2, 0.25) is 0 Å². The molecular formula is C15H31N. The van der Waals surface area contributed by atoms with E-state index in [0.717, 1.165) is 12.1 Å². The topological polar surface area (TPSA) is 12.0 Å². The molecule has 0 bridgehead atoms. The van der Waals surface area contributed by atoms with Crippen molar-refractivity contribution in [1.82, 2.24) is 5.32 Å². The average Bonchev–Trinajstić information content (AvgIpc) is 2.22. The minimum absolute atomic E-state index is 0.601. The molecule has 1 unspecified atom stereocenters. The molecule has 0 saturated heterocycles. The van der Waals surface area contributed by atoms with Gasteiger partial charge in [0.15, 0.2) is 0 Å². The van der Waals surface area contributed by atoms with E-state index in [2.05, 4.69) is 33.0 Å². The molecule has 0 aromatic rings. The Morgan fingerprint density at radius 3 is 2.38 bits per heavy atom. The molecule has 1 aliphatic carbocycles. The summed E-state index contributed by atoms with van der Waals surface area (Å²) in [5, 5.41) is 3.82. The number of rotatable bonds is 6. The van der Waals surface area contributed by atoms with Gasteiger partial charge in [0, 0.05) is 12.1 Å². The molecule has 0 heterocycles. The molecule has 96 valence electrons. The standard InChI is InChI=1S/C15H31N/c1-5-6-7-8-13(2)16-14-9-11-15(3,4)12-10-14/h13-14,16H,5-12H2,1-4H3. The predicted molar refractivity (Wildman–Crippen MR) is 72.8 cm³/mol. The predicted octanol–water partition coefficient (Wildman–Crippen LogP) is 4.51. The van der Waals surface area contributed by atoms with Crippen LogP contribution in [0.1, 0.15) is 79.1 Å². The van der Waals surface area contributed by atoms with Crippen LogP contribution in [0.3, 0.4) is 0 Å². The van der Waals surface area contributed by atoms with Crippen LogP contribution in [0, 0.1) is 5.41 Å². The van der Waals surface area contributed by atoms with Gasteiger partial charge in [0.1, 0.15) is 0 Å². The van der Waals surface area contributed by atoms with Gasteiger partial charge in [0.2, 0.25) is 0 Å². The van der Waals surface area contributed by atoms with Crippen LogP contribution < -0.4 is 5.32 Å². The van der Waals surface area contributed by atoms with Gasteiger partial charge in [-0.15, -0.1) is 0 Å². The van der Waals surface area contributed by atoms with Gasteiger partial charge in [-0.1, -0.05) is 40.0 Å². The zero-order valence-corrected chi connectivity index (χ0v) is 11.8. The first-order valence-electron chi connectivity index (χ1n) is 7.29. The molecule has 0 aliphatic heterocycles. The summed E-state index contributed by atoms with van der Waals surface area (Å²) in [6.45, 7) is 9.46. The molecule has 0 amide bonds. The zero-order valence-electron chi connectivity index (χ0n) is 11.8. The maximum atomic E-state index is 3.82. The molecule has 1 rings (SSSR count). The largest absolute Gasteiger partial charge is 0.312 e. The first-order chi connectivity index (χ1) is 7.53. The van der Waals surface area contributed by atoms with E-state index < -0.39 is 0 Å². The Kier molecular flexibility index (Phi) is 5.82. The summed E-state index contributed by atoms with van der Waals surface area (Å²) in [5.41, 5.74) is 0.601. The normalized spacial score (nSPS) is 23.2. The van der Waals surface area contributed by atoms with Gasteiger partial charge in [-0.05, 0) is 44.4 Å². The van der Waals surface area contributed by atoms with Gasteiger partial charge < -0.3 is 5.32 Å². The fourth-order valence-corrected chi connectivity index (χ4v) is 2.75. The molecule has 0 aromatic carbocycles. The van der Waals surface area contributed by atoms with Crippen molar-refractivity contribution < 1.29 is 0 Å². The third kappa shape index (κ3) is 5.34. The van der Waals surface area contributed by atoms with E-state index in [0.29, 0.717) is 5.41 Å². The van der Waals surface area contributed by atoms with Crippen LogP contribution in [0.15, 0.2) is 0 Å². The summed E-state index contributed by atoms with van der Waals surface area (Å²) >= 11 is 0. The highest BCUT2D eigenvalue weighted by molar-refractivity contribution is 4.83. The Morgan fingerprint density at radius 1 is 1.19 bits per heavy atom. The minimum atomic E-state index is 0.601. The second kappa shape index (κ2) is 6.64. The fourth-order valence-electron chi connectivity index (χ4n) is 2.75. The highest BCUT2D eigenvalue weighted by atomic mass is 14.9. The molecular weight excluding hydrogens is 194 g/mol. The molecule has 1 heteroatoms. The van der Waals surface area contributed by atoms with Gasteiger partial charge in [0.25, 0.3) is 0 Å². The van der Waals surface area contributed by atoms with Crippen LogP contribution in [0.5, 0.6) is 0 Å². The summed E-state index contributed by atoms with van der Waals surface area (Å²) < 4.78 is 0. The summed E-state index contributed by atoms with van der Waals surface area (Å²) in [4.78, 5) is 0. The van der Waals surface area contributed by atoms with E-state index in [1.165, 1.54) is 51.4 Å². The number of nitrogens with one attached hydrogen (secondary N) is 1. The smallest absolute Gasteiger partial charge is 0.00699 e. The van der Waals surface area contributed by atoms with E-state index in [1.54, 1.807) is 0 Å².